The average Bonchev–Trinajstić information content (AvgIpc) is 1.59. The number of ketones is 1. The zero-order valence-electron chi connectivity index (χ0n) is 7.12. The van der Waals surface area contributed by atoms with Gasteiger partial charge in [-0.15, -0.1) is 0 Å². The molecule has 0 radical (unpaired) electrons. The first kappa shape index (κ1) is 9.15. The number of Topliss-reactive ketones (excluding diaryl/α,β-unsaturated/α-hetero) is 1. The predicted molar refractivity (Wildman–Crippen MR) is 43.9 cm³/mol. The maximum Gasteiger partial charge on any atom is 0.159 e. The van der Waals surface area contributed by atoms with Crippen LogP contribution in [0.3, 0.4) is 0 Å². The van der Waals surface area contributed by atoms with E-state index in [1.165, 1.54) is 0 Å². The molecular formula is C9H14O. The molecule has 0 spiro atoms. The van der Waals surface area contributed by atoms with Crippen molar-refractivity contribution in [3.8, 4) is 0 Å². The summed E-state index contributed by atoms with van der Waals surface area (Å²) in [6.07, 6.45) is 0. The molecule has 0 fully saturated rings. The van der Waals surface area contributed by atoms with Crippen molar-refractivity contribution in [3.05, 3.63) is 23.3 Å². The van der Waals surface area contributed by atoms with Gasteiger partial charge in [-0.05, 0) is 33.3 Å². The molecule has 10 heavy (non-hydrogen) atoms. The van der Waals surface area contributed by atoms with E-state index in [1.807, 2.05) is 20.8 Å². The maximum absolute atomic E-state index is 10.9. The molecule has 0 atom stereocenters. The number of allylic oxidation sites excluding steroid dienone is 3. The summed E-state index contributed by atoms with van der Waals surface area (Å²) >= 11 is 0. The summed E-state index contributed by atoms with van der Waals surface area (Å²) in [7, 11) is 0. The fourth-order valence-corrected chi connectivity index (χ4v) is 1.08. The van der Waals surface area contributed by atoms with E-state index < -0.39 is 0 Å². The summed E-state index contributed by atoms with van der Waals surface area (Å²) in [5, 5.41) is 0. The molecule has 0 aromatic rings. The standard InChI is InChI=1S/C9H14O/c1-6(2)9(7(3)4)8(5)10/h1H2,2-5H3. The molecule has 0 saturated heterocycles. The Morgan fingerprint density at radius 3 is 1.50 bits per heavy atom. The van der Waals surface area contributed by atoms with Gasteiger partial charge in [0.2, 0.25) is 0 Å². The summed E-state index contributed by atoms with van der Waals surface area (Å²) in [6, 6.07) is 0. The minimum atomic E-state index is 0.104. The van der Waals surface area contributed by atoms with Gasteiger partial charge in [0, 0.05) is 5.57 Å². The zero-order valence-corrected chi connectivity index (χ0v) is 7.12. The smallest absolute Gasteiger partial charge is 0.159 e. The largest absolute Gasteiger partial charge is 0.295 e. The van der Waals surface area contributed by atoms with Gasteiger partial charge in [0.1, 0.15) is 0 Å². The first-order valence-electron chi connectivity index (χ1n) is 3.31. The van der Waals surface area contributed by atoms with Gasteiger partial charge in [-0.1, -0.05) is 12.2 Å². The molecule has 0 aromatic heterocycles. The van der Waals surface area contributed by atoms with Gasteiger partial charge in [0.25, 0.3) is 0 Å². The minimum absolute atomic E-state index is 0.104. The van der Waals surface area contributed by atoms with Crippen LogP contribution in [0, 0.1) is 0 Å². The lowest BCUT2D eigenvalue weighted by Crippen LogP contribution is -1.99. The number of rotatable bonds is 2. The normalized spacial score (nSPS) is 8.80. The number of carbonyl (C=O) groups excluding carboxylic acids is 1. The fraction of sp³-hybridized carbons (Fsp3) is 0.444. The second kappa shape index (κ2) is 3.35. The predicted octanol–water partition coefficient (Wildman–Crippen LogP) is 2.49. The van der Waals surface area contributed by atoms with Crippen LogP contribution >= 0.6 is 0 Å². The Kier molecular flexibility index (Phi) is 3.07. The Balaban J connectivity index is 4.79. The number of hydrogen-bond donors (Lipinski definition) is 0. The summed E-state index contributed by atoms with van der Waals surface area (Å²) in [6.45, 7) is 11.0. The monoisotopic (exact) mass is 138 g/mol. The van der Waals surface area contributed by atoms with Gasteiger partial charge in [0.05, 0.1) is 0 Å². The lowest BCUT2D eigenvalue weighted by atomic mass is 10.0. The highest BCUT2D eigenvalue weighted by atomic mass is 16.1. The molecule has 0 bridgehead atoms. The van der Waals surface area contributed by atoms with Crippen molar-refractivity contribution < 1.29 is 4.79 Å². The van der Waals surface area contributed by atoms with E-state index in [-0.39, 0.29) is 5.78 Å². The second-order valence-electron chi connectivity index (χ2n) is 2.71. The van der Waals surface area contributed by atoms with Crippen LogP contribution in [-0.2, 0) is 4.79 Å². The Labute approximate surface area is 62.4 Å². The molecule has 56 valence electrons. The Hall–Kier alpha value is -0.850. The van der Waals surface area contributed by atoms with E-state index in [1.54, 1.807) is 6.92 Å². The highest BCUT2D eigenvalue weighted by molar-refractivity contribution is 5.97. The summed E-state index contributed by atoms with van der Waals surface area (Å²) in [5.41, 5.74) is 2.67. The van der Waals surface area contributed by atoms with E-state index in [0.29, 0.717) is 0 Å². The number of hydrogen-bond acceptors (Lipinski definition) is 1. The van der Waals surface area contributed by atoms with E-state index in [0.717, 1.165) is 16.7 Å². The molecule has 0 N–H and O–H groups in total. The third kappa shape index (κ3) is 2.18. The second-order valence-corrected chi connectivity index (χ2v) is 2.71. The Morgan fingerprint density at radius 1 is 1.10 bits per heavy atom. The average molecular weight is 138 g/mol. The molecule has 0 amide bonds. The Bertz CT molecular complexity index is 177. The van der Waals surface area contributed by atoms with Gasteiger partial charge in [0.15, 0.2) is 5.78 Å². The quantitative estimate of drug-likeness (QED) is 0.423. The van der Waals surface area contributed by atoms with Crippen molar-refractivity contribution in [1.82, 2.24) is 0 Å². The highest BCUT2D eigenvalue weighted by Crippen LogP contribution is 2.12. The molecule has 0 rings (SSSR count). The van der Waals surface area contributed by atoms with Crippen LogP contribution < -0.4 is 0 Å². The van der Waals surface area contributed by atoms with Crippen LogP contribution in [0.1, 0.15) is 27.7 Å². The van der Waals surface area contributed by atoms with E-state index in [9.17, 15) is 4.79 Å². The Morgan fingerprint density at radius 2 is 1.50 bits per heavy atom. The third-order valence-corrected chi connectivity index (χ3v) is 1.28. The minimum Gasteiger partial charge on any atom is -0.295 e. The summed E-state index contributed by atoms with van der Waals surface area (Å²) < 4.78 is 0. The lowest BCUT2D eigenvalue weighted by Gasteiger charge is -2.03. The van der Waals surface area contributed by atoms with E-state index in [2.05, 4.69) is 6.58 Å². The van der Waals surface area contributed by atoms with Gasteiger partial charge >= 0.3 is 0 Å². The third-order valence-electron chi connectivity index (χ3n) is 1.28. The molecule has 0 aliphatic heterocycles. The summed E-state index contributed by atoms with van der Waals surface area (Å²) in [5.74, 6) is 0.104. The highest BCUT2D eigenvalue weighted by Gasteiger charge is 2.04. The molecule has 0 heterocycles. The first-order valence-corrected chi connectivity index (χ1v) is 3.31. The van der Waals surface area contributed by atoms with Crippen LogP contribution in [0.15, 0.2) is 23.3 Å². The van der Waals surface area contributed by atoms with Crippen LogP contribution in [0.2, 0.25) is 0 Å². The number of carbonyl (C=O) groups is 1. The molecule has 1 nitrogen and oxygen atoms in total. The molecule has 1 heteroatoms. The van der Waals surface area contributed by atoms with Crippen LogP contribution in [0.4, 0.5) is 0 Å². The molecule has 0 unspecified atom stereocenters. The van der Waals surface area contributed by atoms with Crippen LogP contribution in [0.5, 0.6) is 0 Å². The SMILES string of the molecule is C=C(C)C(C(C)=O)=C(C)C. The summed E-state index contributed by atoms with van der Waals surface area (Å²) in [4.78, 5) is 10.9. The van der Waals surface area contributed by atoms with Crippen molar-refractivity contribution in [2.45, 2.75) is 27.7 Å². The van der Waals surface area contributed by atoms with E-state index >= 15 is 0 Å². The molecular weight excluding hydrogens is 124 g/mol. The molecule has 0 aromatic carbocycles. The van der Waals surface area contributed by atoms with Gasteiger partial charge < -0.3 is 0 Å². The molecule has 0 aliphatic rings. The first-order chi connectivity index (χ1) is 4.46. The van der Waals surface area contributed by atoms with Crippen molar-refractivity contribution in [3.63, 3.8) is 0 Å². The van der Waals surface area contributed by atoms with Gasteiger partial charge in [-0.2, -0.15) is 0 Å². The van der Waals surface area contributed by atoms with Crippen molar-refractivity contribution in [1.29, 1.82) is 0 Å². The topological polar surface area (TPSA) is 17.1 Å². The van der Waals surface area contributed by atoms with Crippen molar-refractivity contribution in [2.24, 2.45) is 0 Å². The van der Waals surface area contributed by atoms with Crippen LogP contribution in [-0.4, -0.2) is 5.78 Å². The van der Waals surface area contributed by atoms with Crippen molar-refractivity contribution in [2.75, 3.05) is 0 Å². The molecule has 0 saturated carbocycles. The van der Waals surface area contributed by atoms with Crippen LogP contribution in [0.25, 0.3) is 0 Å². The van der Waals surface area contributed by atoms with Gasteiger partial charge in [-0.3, -0.25) is 4.79 Å². The van der Waals surface area contributed by atoms with E-state index in [4.69, 9.17) is 0 Å². The maximum atomic E-state index is 10.9. The lowest BCUT2D eigenvalue weighted by molar-refractivity contribution is -0.113. The molecule has 0 aliphatic carbocycles. The zero-order chi connectivity index (χ0) is 8.31. The van der Waals surface area contributed by atoms with Crippen molar-refractivity contribution >= 4 is 5.78 Å². The fourth-order valence-electron chi connectivity index (χ4n) is 1.08. The van der Waals surface area contributed by atoms with Gasteiger partial charge in [-0.25, -0.2) is 0 Å².